The van der Waals surface area contributed by atoms with E-state index in [4.69, 9.17) is 15.2 Å². The molecule has 0 bridgehead atoms. The van der Waals surface area contributed by atoms with E-state index in [9.17, 15) is 0 Å². The number of benzene rings is 1. The van der Waals surface area contributed by atoms with Crippen molar-refractivity contribution in [1.82, 2.24) is 0 Å². The molecule has 1 aliphatic rings. The minimum Gasteiger partial charge on any atom is -0.486 e. The van der Waals surface area contributed by atoms with Gasteiger partial charge in [-0.05, 0) is 53.0 Å². The maximum Gasteiger partial charge on any atom is 0.175 e. The van der Waals surface area contributed by atoms with E-state index in [1.54, 1.807) is 0 Å². The lowest BCUT2D eigenvalue weighted by Gasteiger charge is -2.22. The van der Waals surface area contributed by atoms with Gasteiger partial charge in [0.1, 0.15) is 13.2 Å². The molecule has 1 heterocycles. The van der Waals surface area contributed by atoms with Gasteiger partial charge in [0.2, 0.25) is 0 Å². The van der Waals surface area contributed by atoms with Crippen molar-refractivity contribution in [3.05, 3.63) is 21.7 Å². The molecule has 4 heteroatoms. The van der Waals surface area contributed by atoms with Crippen LogP contribution in [0, 0.1) is 6.92 Å². The van der Waals surface area contributed by atoms with Crippen LogP contribution in [-0.2, 0) is 6.42 Å². The average Bonchev–Trinajstić information content (AvgIpc) is 2.24. The molecule has 15 heavy (non-hydrogen) atoms. The highest BCUT2D eigenvalue weighted by atomic mass is 79.9. The monoisotopic (exact) mass is 271 g/mol. The van der Waals surface area contributed by atoms with Crippen molar-refractivity contribution in [2.24, 2.45) is 5.73 Å². The van der Waals surface area contributed by atoms with Gasteiger partial charge in [-0.3, -0.25) is 0 Å². The first-order valence-electron chi connectivity index (χ1n) is 5.01. The lowest BCUT2D eigenvalue weighted by Crippen LogP contribution is -2.17. The zero-order chi connectivity index (χ0) is 10.8. The first kappa shape index (κ1) is 10.8. The van der Waals surface area contributed by atoms with E-state index in [1.165, 1.54) is 11.1 Å². The predicted molar refractivity (Wildman–Crippen MR) is 62.6 cm³/mol. The fraction of sp³-hybridized carbons (Fsp3) is 0.455. The summed E-state index contributed by atoms with van der Waals surface area (Å²) in [6, 6.07) is 2.02. The molecule has 2 rings (SSSR count). The van der Waals surface area contributed by atoms with Gasteiger partial charge < -0.3 is 15.2 Å². The Balaban J connectivity index is 2.49. The number of ether oxygens (including phenoxy) is 2. The minimum atomic E-state index is 0.608. The van der Waals surface area contributed by atoms with E-state index in [0.29, 0.717) is 19.8 Å². The van der Waals surface area contributed by atoms with Crippen molar-refractivity contribution >= 4 is 15.9 Å². The van der Waals surface area contributed by atoms with Crippen LogP contribution in [0.25, 0.3) is 0 Å². The highest BCUT2D eigenvalue weighted by Crippen LogP contribution is 2.41. The molecule has 0 saturated heterocycles. The summed E-state index contributed by atoms with van der Waals surface area (Å²) >= 11 is 3.56. The summed E-state index contributed by atoms with van der Waals surface area (Å²) in [4.78, 5) is 0. The lowest BCUT2D eigenvalue weighted by atomic mass is 10.0. The molecule has 3 nitrogen and oxygen atoms in total. The van der Waals surface area contributed by atoms with Crippen LogP contribution >= 0.6 is 15.9 Å². The third-order valence-corrected chi connectivity index (χ3v) is 3.33. The normalized spacial score (nSPS) is 14.1. The van der Waals surface area contributed by atoms with Gasteiger partial charge in [-0.15, -0.1) is 0 Å². The topological polar surface area (TPSA) is 44.5 Å². The fourth-order valence-electron chi connectivity index (χ4n) is 1.76. The molecule has 1 aromatic rings. The van der Waals surface area contributed by atoms with Crippen molar-refractivity contribution in [2.75, 3.05) is 19.8 Å². The van der Waals surface area contributed by atoms with Crippen molar-refractivity contribution in [3.63, 3.8) is 0 Å². The van der Waals surface area contributed by atoms with Gasteiger partial charge in [-0.1, -0.05) is 0 Å². The Labute approximate surface area is 97.7 Å². The lowest BCUT2D eigenvalue weighted by molar-refractivity contribution is 0.170. The molecule has 1 aliphatic heterocycles. The summed E-state index contributed by atoms with van der Waals surface area (Å²) in [6.07, 6.45) is 0.850. The second kappa shape index (κ2) is 4.41. The van der Waals surface area contributed by atoms with Crippen LogP contribution in [0.5, 0.6) is 11.5 Å². The first-order chi connectivity index (χ1) is 7.24. The van der Waals surface area contributed by atoms with Crippen LogP contribution in [0.15, 0.2) is 10.5 Å². The van der Waals surface area contributed by atoms with Gasteiger partial charge in [-0.25, -0.2) is 0 Å². The van der Waals surface area contributed by atoms with Crippen molar-refractivity contribution in [3.8, 4) is 11.5 Å². The quantitative estimate of drug-likeness (QED) is 0.895. The Kier molecular flexibility index (Phi) is 3.17. The van der Waals surface area contributed by atoms with E-state index < -0.39 is 0 Å². The Morgan fingerprint density at radius 2 is 2.13 bits per heavy atom. The van der Waals surface area contributed by atoms with E-state index in [-0.39, 0.29) is 0 Å². The van der Waals surface area contributed by atoms with Crippen LogP contribution in [0.2, 0.25) is 0 Å². The minimum absolute atomic E-state index is 0.608. The largest absolute Gasteiger partial charge is 0.486 e. The van der Waals surface area contributed by atoms with Gasteiger partial charge >= 0.3 is 0 Å². The van der Waals surface area contributed by atoms with Crippen molar-refractivity contribution < 1.29 is 9.47 Å². The molecular weight excluding hydrogens is 258 g/mol. The zero-order valence-electron chi connectivity index (χ0n) is 8.68. The Morgan fingerprint density at radius 3 is 2.87 bits per heavy atom. The summed E-state index contributed by atoms with van der Waals surface area (Å²) in [7, 11) is 0. The third kappa shape index (κ3) is 1.96. The number of halogens is 1. The number of hydrogen-bond acceptors (Lipinski definition) is 3. The van der Waals surface area contributed by atoms with E-state index in [0.717, 1.165) is 22.4 Å². The van der Waals surface area contributed by atoms with Crippen LogP contribution in [0.4, 0.5) is 0 Å². The zero-order valence-corrected chi connectivity index (χ0v) is 10.3. The maximum atomic E-state index is 5.58. The SMILES string of the molecule is Cc1cc2c(c(Br)c1CCN)OCCO2. The molecule has 82 valence electrons. The summed E-state index contributed by atoms with van der Waals surface area (Å²) in [5.74, 6) is 1.64. The maximum absolute atomic E-state index is 5.58. The number of hydrogen-bond donors (Lipinski definition) is 1. The van der Waals surface area contributed by atoms with Gasteiger partial charge in [0.25, 0.3) is 0 Å². The first-order valence-corrected chi connectivity index (χ1v) is 5.81. The summed E-state index contributed by atoms with van der Waals surface area (Å²) in [5.41, 5.74) is 7.98. The molecule has 0 amide bonds. The van der Waals surface area contributed by atoms with Gasteiger partial charge in [-0.2, -0.15) is 0 Å². The molecule has 0 aromatic heterocycles. The molecule has 0 spiro atoms. The standard InChI is InChI=1S/C11H14BrNO2/c1-7-6-9-11(15-5-4-14-9)10(12)8(7)2-3-13/h6H,2-5,13H2,1H3. The molecule has 0 radical (unpaired) electrons. The van der Waals surface area contributed by atoms with E-state index >= 15 is 0 Å². The Hall–Kier alpha value is -0.740. The highest BCUT2D eigenvalue weighted by molar-refractivity contribution is 9.10. The van der Waals surface area contributed by atoms with Gasteiger partial charge in [0.05, 0.1) is 4.47 Å². The van der Waals surface area contributed by atoms with E-state index in [2.05, 4.69) is 22.9 Å². The predicted octanol–water partition coefficient (Wildman–Crippen LogP) is 2.03. The highest BCUT2D eigenvalue weighted by Gasteiger charge is 2.19. The third-order valence-electron chi connectivity index (χ3n) is 2.49. The summed E-state index contributed by atoms with van der Waals surface area (Å²) < 4.78 is 12.1. The molecule has 0 atom stereocenters. The Bertz CT molecular complexity index is 379. The fourth-order valence-corrected chi connectivity index (χ4v) is 2.58. The van der Waals surface area contributed by atoms with Crippen LogP contribution < -0.4 is 15.2 Å². The number of rotatable bonds is 2. The average molecular weight is 272 g/mol. The van der Waals surface area contributed by atoms with Crippen molar-refractivity contribution in [1.29, 1.82) is 0 Å². The number of nitrogens with two attached hydrogens (primary N) is 1. The summed E-state index contributed by atoms with van der Waals surface area (Å²) in [6.45, 7) is 3.93. The Morgan fingerprint density at radius 1 is 1.40 bits per heavy atom. The molecule has 0 saturated carbocycles. The molecule has 1 aromatic carbocycles. The molecule has 0 fully saturated rings. The molecule has 2 N–H and O–H groups in total. The van der Waals surface area contributed by atoms with Crippen molar-refractivity contribution in [2.45, 2.75) is 13.3 Å². The van der Waals surface area contributed by atoms with Crippen LogP contribution in [-0.4, -0.2) is 19.8 Å². The smallest absolute Gasteiger partial charge is 0.175 e. The molecular formula is C11H14BrNO2. The van der Waals surface area contributed by atoms with E-state index in [1.807, 2.05) is 6.07 Å². The van der Waals surface area contributed by atoms with Gasteiger partial charge in [0, 0.05) is 0 Å². The van der Waals surface area contributed by atoms with Gasteiger partial charge in [0.15, 0.2) is 11.5 Å². The second-order valence-electron chi connectivity index (χ2n) is 3.55. The molecule has 0 aliphatic carbocycles. The van der Waals surface area contributed by atoms with Crippen LogP contribution in [0.3, 0.4) is 0 Å². The number of aryl methyl sites for hydroxylation is 1. The molecule has 0 unspecified atom stereocenters. The summed E-state index contributed by atoms with van der Waals surface area (Å²) in [5, 5.41) is 0. The second-order valence-corrected chi connectivity index (χ2v) is 4.34. The van der Waals surface area contributed by atoms with Crippen LogP contribution in [0.1, 0.15) is 11.1 Å². The number of fused-ring (bicyclic) bond motifs is 1.